The fraction of sp³-hybridized carbons (Fsp3) is 0.812. The molecule has 0 aliphatic rings. The first kappa shape index (κ1) is 20.1. The molecule has 0 spiro atoms. The summed E-state index contributed by atoms with van der Waals surface area (Å²) in [7, 11) is 0.291. The van der Waals surface area contributed by atoms with Crippen molar-refractivity contribution in [2.45, 2.75) is 57.6 Å². The summed E-state index contributed by atoms with van der Waals surface area (Å²) in [5, 5.41) is -0.273. The van der Waals surface area contributed by atoms with Crippen molar-refractivity contribution in [1.29, 1.82) is 0 Å². The summed E-state index contributed by atoms with van der Waals surface area (Å²) in [6.45, 7) is 10.4. The lowest BCUT2D eigenvalue weighted by Gasteiger charge is -2.19. The summed E-state index contributed by atoms with van der Waals surface area (Å²) in [4.78, 5) is 6.35. The van der Waals surface area contributed by atoms with Crippen LogP contribution in [0, 0.1) is 5.92 Å². The van der Waals surface area contributed by atoms with Crippen molar-refractivity contribution in [3.8, 4) is 0 Å². The van der Waals surface area contributed by atoms with Crippen LogP contribution in [0.25, 0.3) is 0 Å². The molecule has 0 radical (unpaired) electrons. The van der Waals surface area contributed by atoms with E-state index in [0.717, 1.165) is 18.7 Å². The number of sulfone groups is 1. The van der Waals surface area contributed by atoms with Crippen molar-refractivity contribution in [3.05, 3.63) is 11.9 Å². The standard InChI is InChI=1S/C16H31N3O3S/c1-13(2)7-8-19-15(12-18(5)9-10-22-6)11-17-16(19)23(20,21)14(3)4/h11,13-14H,7-10,12H2,1-6H3. The minimum atomic E-state index is -3.38. The molecule has 1 aromatic heterocycles. The van der Waals surface area contributed by atoms with E-state index < -0.39 is 15.1 Å². The van der Waals surface area contributed by atoms with Gasteiger partial charge in [0, 0.05) is 26.7 Å². The highest BCUT2D eigenvalue weighted by Gasteiger charge is 2.26. The van der Waals surface area contributed by atoms with Gasteiger partial charge < -0.3 is 9.30 Å². The van der Waals surface area contributed by atoms with E-state index in [9.17, 15) is 8.42 Å². The molecule has 0 bridgehead atoms. The molecule has 0 atom stereocenters. The van der Waals surface area contributed by atoms with Crippen LogP contribution in [0.5, 0.6) is 0 Å². The molecule has 0 amide bonds. The third kappa shape index (κ3) is 5.58. The number of hydrogen-bond acceptors (Lipinski definition) is 5. The summed E-state index contributed by atoms with van der Waals surface area (Å²) < 4.78 is 32.1. The number of imidazole rings is 1. The predicted octanol–water partition coefficient (Wildman–Crippen LogP) is 2.19. The van der Waals surface area contributed by atoms with Gasteiger partial charge in [-0.3, -0.25) is 4.90 Å². The lowest BCUT2D eigenvalue weighted by molar-refractivity contribution is 0.157. The van der Waals surface area contributed by atoms with Crippen LogP contribution in [-0.2, 0) is 27.7 Å². The molecule has 6 nitrogen and oxygen atoms in total. The molecule has 0 aromatic carbocycles. The summed E-state index contributed by atoms with van der Waals surface area (Å²) in [5.74, 6) is 0.506. The minimum Gasteiger partial charge on any atom is -0.383 e. The number of methoxy groups -OCH3 is 1. The Hall–Kier alpha value is -0.920. The second kappa shape index (κ2) is 8.80. The highest BCUT2D eigenvalue weighted by molar-refractivity contribution is 7.91. The van der Waals surface area contributed by atoms with Gasteiger partial charge in [0.05, 0.1) is 23.7 Å². The third-order valence-corrected chi connectivity index (χ3v) is 5.89. The van der Waals surface area contributed by atoms with Gasteiger partial charge in [-0.1, -0.05) is 13.8 Å². The number of ether oxygens (including phenoxy) is 1. The maximum Gasteiger partial charge on any atom is 0.228 e. The second-order valence-corrected chi connectivity index (χ2v) is 9.09. The highest BCUT2D eigenvalue weighted by Crippen LogP contribution is 2.19. The van der Waals surface area contributed by atoms with E-state index in [1.807, 2.05) is 11.6 Å². The van der Waals surface area contributed by atoms with E-state index in [1.165, 1.54) is 0 Å². The Morgan fingerprint density at radius 3 is 2.48 bits per heavy atom. The molecule has 0 fully saturated rings. The van der Waals surface area contributed by atoms with E-state index in [-0.39, 0.29) is 5.16 Å². The molecule has 1 aromatic rings. The number of nitrogens with zero attached hydrogens (tertiary/aromatic N) is 3. The van der Waals surface area contributed by atoms with Crippen molar-refractivity contribution in [2.75, 3.05) is 27.3 Å². The molecule has 0 saturated heterocycles. The molecular weight excluding hydrogens is 314 g/mol. The zero-order valence-corrected chi connectivity index (χ0v) is 16.1. The van der Waals surface area contributed by atoms with Crippen molar-refractivity contribution >= 4 is 9.84 Å². The van der Waals surface area contributed by atoms with Crippen molar-refractivity contribution < 1.29 is 13.2 Å². The first-order valence-electron chi connectivity index (χ1n) is 8.15. The largest absolute Gasteiger partial charge is 0.383 e. The smallest absolute Gasteiger partial charge is 0.228 e. The Morgan fingerprint density at radius 2 is 1.96 bits per heavy atom. The highest BCUT2D eigenvalue weighted by atomic mass is 32.2. The van der Waals surface area contributed by atoms with Crippen LogP contribution >= 0.6 is 0 Å². The van der Waals surface area contributed by atoms with Gasteiger partial charge in [-0.2, -0.15) is 0 Å². The molecule has 1 rings (SSSR count). The van der Waals surface area contributed by atoms with Gasteiger partial charge in [0.2, 0.25) is 15.0 Å². The van der Waals surface area contributed by atoms with E-state index in [0.29, 0.717) is 25.6 Å². The Kier molecular flexibility index (Phi) is 7.70. The van der Waals surface area contributed by atoms with E-state index in [4.69, 9.17) is 4.74 Å². The van der Waals surface area contributed by atoms with Gasteiger partial charge >= 0.3 is 0 Å². The topological polar surface area (TPSA) is 64.4 Å². The maximum atomic E-state index is 12.6. The Bertz CT molecular complexity index is 579. The lowest BCUT2D eigenvalue weighted by Crippen LogP contribution is -2.25. The van der Waals surface area contributed by atoms with Crippen molar-refractivity contribution in [2.24, 2.45) is 5.92 Å². The number of aromatic nitrogens is 2. The van der Waals surface area contributed by atoms with Gasteiger partial charge in [0.25, 0.3) is 0 Å². The SMILES string of the molecule is COCCN(C)Cc1cnc(S(=O)(=O)C(C)C)n1CCC(C)C. The molecule has 0 aliphatic heterocycles. The van der Waals surface area contributed by atoms with Crippen LogP contribution in [0.2, 0.25) is 0 Å². The maximum absolute atomic E-state index is 12.6. The van der Waals surface area contributed by atoms with Crippen LogP contribution in [0.1, 0.15) is 39.8 Å². The van der Waals surface area contributed by atoms with Crippen LogP contribution in [-0.4, -0.2) is 55.4 Å². The summed E-state index contributed by atoms with van der Waals surface area (Å²) in [6, 6.07) is 0. The fourth-order valence-electron chi connectivity index (χ4n) is 2.19. The molecule has 0 unspecified atom stereocenters. The average molecular weight is 346 g/mol. The Morgan fingerprint density at radius 1 is 1.30 bits per heavy atom. The van der Waals surface area contributed by atoms with Crippen LogP contribution in [0.4, 0.5) is 0 Å². The van der Waals surface area contributed by atoms with Gasteiger partial charge in [0.1, 0.15) is 0 Å². The van der Waals surface area contributed by atoms with Gasteiger partial charge in [0.15, 0.2) is 0 Å². The van der Waals surface area contributed by atoms with Crippen LogP contribution < -0.4 is 0 Å². The minimum absolute atomic E-state index is 0.197. The first-order valence-corrected chi connectivity index (χ1v) is 9.70. The molecule has 0 N–H and O–H groups in total. The van der Waals surface area contributed by atoms with Crippen LogP contribution in [0.15, 0.2) is 11.4 Å². The number of likely N-dealkylation sites (N-methyl/N-ethyl adjacent to an activating group) is 1. The van der Waals surface area contributed by atoms with Crippen molar-refractivity contribution in [3.63, 3.8) is 0 Å². The van der Waals surface area contributed by atoms with E-state index >= 15 is 0 Å². The Balaban J connectivity index is 3.08. The molecule has 23 heavy (non-hydrogen) atoms. The second-order valence-electron chi connectivity index (χ2n) is 6.69. The summed E-state index contributed by atoms with van der Waals surface area (Å²) in [6.07, 6.45) is 2.62. The van der Waals surface area contributed by atoms with Crippen molar-refractivity contribution in [1.82, 2.24) is 14.5 Å². The normalized spacial score (nSPS) is 12.7. The van der Waals surface area contributed by atoms with E-state index in [2.05, 4.69) is 23.7 Å². The zero-order chi connectivity index (χ0) is 17.6. The number of rotatable bonds is 10. The van der Waals surface area contributed by atoms with Gasteiger partial charge in [-0.15, -0.1) is 0 Å². The molecule has 134 valence electrons. The third-order valence-electron chi connectivity index (χ3n) is 3.82. The Labute approximate surface area is 140 Å². The molecule has 7 heteroatoms. The van der Waals surface area contributed by atoms with Gasteiger partial charge in [-0.05, 0) is 33.2 Å². The van der Waals surface area contributed by atoms with Crippen LogP contribution in [0.3, 0.4) is 0 Å². The molecule has 1 heterocycles. The van der Waals surface area contributed by atoms with E-state index in [1.54, 1.807) is 27.2 Å². The molecular formula is C16H31N3O3S. The molecule has 0 saturated carbocycles. The quantitative estimate of drug-likeness (QED) is 0.650. The summed E-state index contributed by atoms with van der Waals surface area (Å²) in [5.41, 5.74) is 0.934. The average Bonchev–Trinajstić information content (AvgIpc) is 2.86. The molecule has 0 aliphatic carbocycles. The number of hydrogen-bond donors (Lipinski definition) is 0. The van der Waals surface area contributed by atoms with Gasteiger partial charge in [-0.25, -0.2) is 13.4 Å². The first-order chi connectivity index (χ1) is 10.7. The fourth-order valence-corrected chi connectivity index (χ4v) is 3.32. The lowest BCUT2D eigenvalue weighted by atomic mass is 10.1. The zero-order valence-electron chi connectivity index (χ0n) is 15.2. The monoisotopic (exact) mass is 345 g/mol. The predicted molar refractivity (Wildman–Crippen MR) is 92.2 cm³/mol. The summed E-state index contributed by atoms with van der Waals surface area (Å²) >= 11 is 0.